The number of aliphatic hydroxyl groups excluding tert-OH is 1. The van der Waals surface area contributed by atoms with Crippen LogP contribution in [-0.2, 0) is 0 Å². The topological polar surface area (TPSA) is 69.9 Å². The highest BCUT2D eigenvalue weighted by atomic mass is 19.1. The molecule has 1 saturated heterocycles. The Hall–Kier alpha value is -3.00. The largest absolute Gasteiger partial charge is 0.396 e. The summed E-state index contributed by atoms with van der Waals surface area (Å²) in [5, 5.41) is 16.8. The molecule has 2 aromatic heterocycles. The van der Waals surface area contributed by atoms with Gasteiger partial charge in [-0.2, -0.15) is 5.10 Å². The molecule has 0 atom stereocenters. The van der Waals surface area contributed by atoms with E-state index in [4.69, 9.17) is 0 Å². The Morgan fingerprint density at radius 1 is 1.09 bits per heavy atom. The Balaban J connectivity index is 0.000000260. The van der Waals surface area contributed by atoms with Crippen LogP contribution >= 0.6 is 0 Å². The lowest BCUT2D eigenvalue weighted by Gasteiger charge is -2.40. The van der Waals surface area contributed by atoms with E-state index >= 15 is 0 Å². The highest BCUT2D eigenvalue weighted by molar-refractivity contribution is 6.01. The molecule has 1 aliphatic carbocycles. The number of hydrogen-bond acceptors (Lipinski definition) is 4. The van der Waals surface area contributed by atoms with Gasteiger partial charge in [-0.1, -0.05) is 12.5 Å². The van der Waals surface area contributed by atoms with Gasteiger partial charge in [0.2, 0.25) is 0 Å². The monoisotopic (exact) mass is 442 g/mol. The van der Waals surface area contributed by atoms with Crippen LogP contribution in [0.5, 0.6) is 0 Å². The highest BCUT2D eigenvalue weighted by Crippen LogP contribution is 2.39. The number of carbonyl (C=O) groups excluding carboxylic acids is 1. The molecule has 1 saturated carbocycles. The van der Waals surface area contributed by atoms with Crippen LogP contribution in [0.2, 0.25) is 0 Å². The Labute approximate surface area is 185 Å². The molecule has 5 rings (SSSR count). The minimum absolute atomic E-state index is 0.108. The van der Waals surface area contributed by atoms with Gasteiger partial charge in [-0.05, 0) is 49.9 Å². The quantitative estimate of drug-likeness (QED) is 0.631. The summed E-state index contributed by atoms with van der Waals surface area (Å²) < 4.78 is 25.6. The van der Waals surface area contributed by atoms with Crippen molar-refractivity contribution in [3.8, 4) is 0 Å². The maximum Gasteiger partial charge on any atom is 0.255 e. The number of fused-ring (bicyclic) bond motifs is 1. The zero-order valence-electron chi connectivity index (χ0n) is 17.9. The molecule has 1 amide bonds. The van der Waals surface area contributed by atoms with Gasteiger partial charge < -0.3 is 15.3 Å². The number of pyridine rings is 1. The van der Waals surface area contributed by atoms with E-state index < -0.39 is 11.6 Å². The van der Waals surface area contributed by atoms with Crippen LogP contribution in [-0.4, -0.2) is 46.9 Å². The molecule has 8 heteroatoms. The second-order valence-electron chi connectivity index (χ2n) is 8.60. The van der Waals surface area contributed by atoms with Gasteiger partial charge in [-0.15, -0.1) is 0 Å². The zero-order chi connectivity index (χ0) is 22.6. The molecular formula is C24H28F2N4O2. The van der Waals surface area contributed by atoms with Crippen molar-refractivity contribution in [1.29, 1.82) is 0 Å². The molecule has 2 fully saturated rings. The summed E-state index contributed by atoms with van der Waals surface area (Å²) in [5.74, 6) is -1.18. The number of aliphatic hydroxyl groups is 1. The van der Waals surface area contributed by atoms with Crippen molar-refractivity contribution >= 4 is 17.1 Å². The minimum Gasteiger partial charge on any atom is -0.396 e. The maximum atomic E-state index is 12.6. The van der Waals surface area contributed by atoms with E-state index in [0.717, 1.165) is 49.6 Å². The first kappa shape index (κ1) is 22.2. The Kier molecular flexibility index (Phi) is 6.69. The van der Waals surface area contributed by atoms with Crippen molar-refractivity contribution in [3.63, 3.8) is 0 Å². The van der Waals surface area contributed by atoms with Crippen LogP contribution in [0.4, 0.5) is 14.5 Å². The fourth-order valence-electron chi connectivity index (χ4n) is 4.21. The maximum absolute atomic E-state index is 12.6. The molecule has 0 radical (unpaired) electrons. The lowest BCUT2D eigenvalue weighted by atomic mass is 9.69. The van der Waals surface area contributed by atoms with Gasteiger partial charge in [0, 0.05) is 43.0 Å². The molecule has 3 heterocycles. The molecule has 2 N–H and O–H groups in total. The summed E-state index contributed by atoms with van der Waals surface area (Å²) in [6.07, 6.45) is 9.09. The fraction of sp³-hybridized carbons (Fsp3) is 0.417. The number of rotatable bonds is 5. The number of carbonyl (C=O) groups is 1. The van der Waals surface area contributed by atoms with Crippen LogP contribution in [0.15, 0.2) is 48.8 Å². The number of halogens is 2. The van der Waals surface area contributed by atoms with Gasteiger partial charge in [0.25, 0.3) is 5.91 Å². The average Bonchev–Trinajstić information content (AvgIpc) is 3.43. The summed E-state index contributed by atoms with van der Waals surface area (Å²) in [6, 6.07) is 8.66. The molecule has 1 aromatic carbocycles. The van der Waals surface area contributed by atoms with Crippen LogP contribution in [0, 0.1) is 17.0 Å². The minimum atomic E-state index is -0.537. The number of nitrogens with zero attached hydrogens (tertiary/aromatic N) is 3. The van der Waals surface area contributed by atoms with Crippen LogP contribution < -0.4 is 10.2 Å². The Bertz CT molecular complexity index is 1050. The first-order valence-electron chi connectivity index (χ1n) is 11.0. The van der Waals surface area contributed by atoms with E-state index in [2.05, 4.69) is 27.4 Å². The molecule has 0 spiro atoms. The van der Waals surface area contributed by atoms with Crippen LogP contribution in [0.25, 0.3) is 5.52 Å². The van der Waals surface area contributed by atoms with Crippen molar-refractivity contribution < 1.29 is 18.7 Å². The van der Waals surface area contributed by atoms with E-state index in [1.165, 1.54) is 31.0 Å². The lowest BCUT2D eigenvalue weighted by molar-refractivity contribution is 0.0429. The van der Waals surface area contributed by atoms with Crippen molar-refractivity contribution in [2.45, 2.75) is 32.1 Å². The van der Waals surface area contributed by atoms with Gasteiger partial charge in [0.1, 0.15) is 11.6 Å². The van der Waals surface area contributed by atoms with Crippen LogP contribution in [0.1, 0.15) is 42.5 Å². The molecule has 0 unspecified atom stereocenters. The number of amides is 1. The van der Waals surface area contributed by atoms with Crippen molar-refractivity contribution in [2.24, 2.45) is 5.41 Å². The molecule has 1 aliphatic heterocycles. The third-order valence-corrected chi connectivity index (χ3v) is 6.38. The van der Waals surface area contributed by atoms with Gasteiger partial charge >= 0.3 is 0 Å². The van der Waals surface area contributed by atoms with E-state index in [1.54, 1.807) is 10.7 Å². The number of anilines is 1. The molecule has 2 aliphatic rings. The van der Waals surface area contributed by atoms with Crippen LogP contribution in [0.3, 0.4) is 0 Å². The summed E-state index contributed by atoms with van der Waals surface area (Å²) in [7, 11) is 0. The molecule has 3 aromatic rings. The normalized spacial score (nSPS) is 16.9. The molecule has 170 valence electrons. The molecule has 32 heavy (non-hydrogen) atoms. The standard InChI is InChI=1S/C18H24N4O2.C6H4F2/c23-13-18(5-3-6-18)12-19-17(24)15-11-20-22-9-4-14(10-16(15)22)21-7-1-2-8-21;7-5-2-1-3-6(8)4-5/h4,9-11,23H,1-3,5-8,12-13H2,(H,19,24);1-4H. The van der Waals surface area contributed by atoms with Crippen molar-refractivity contribution in [1.82, 2.24) is 14.9 Å². The zero-order valence-corrected chi connectivity index (χ0v) is 17.9. The number of hydrogen-bond donors (Lipinski definition) is 2. The van der Waals surface area contributed by atoms with Gasteiger partial charge in [-0.3, -0.25) is 4.79 Å². The molecule has 0 bridgehead atoms. The SMILES string of the molecule is Fc1cccc(F)c1.O=C(NCC1(CO)CCC1)c1cnn2ccc(N3CCCC3)cc12. The van der Waals surface area contributed by atoms with Crippen molar-refractivity contribution in [2.75, 3.05) is 31.1 Å². The second-order valence-corrected chi connectivity index (χ2v) is 8.60. The number of aromatic nitrogens is 2. The van der Waals surface area contributed by atoms with E-state index in [9.17, 15) is 18.7 Å². The first-order valence-corrected chi connectivity index (χ1v) is 11.0. The van der Waals surface area contributed by atoms with Gasteiger partial charge in [0.15, 0.2) is 0 Å². The second kappa shape index (κ2) is 9.65. The lowest BCUT2D eigenvalue weighted by Crippen LogP contribution is -2.44. The third kappa shape index (κ3) is 4.91. The highest BCUT2D eigenvalue weighted by Gasteiger charge is 2.36. The first-order chi connectivity index (χ1) is 15.5. The molecule has 6 nitrogen and oxygen atoms in total. The summed E-state index contributed by atoms with van der Waals surface area (Å²) in [6.45, 7) is 2.82. The predicted octanol–water partition coefficient (Wildman–Crippen LogP) is 3.79. The Morgan fingerprint density at radius 3 is 2.38 bits per heavy atom. The summed E-state index contributed by atoms with van der Waals surface area (Å²) in [4.78, 5) is 14.9. The summed E-state index contributed by atoms with van der Waals surface area (Å²) in [5.41, 5.74) is 2.48. The predicted molar refractivity (Wildman–Crippen MR) is 119 cm³/mol. The van der Waals surface area contributed by atoms with E-state index in [0.29, 0.717) is 12.1 Å². The smallest absolute Gasteiger partial charge is 0.255 e. The number of benzene rings is 1. The third-order valence-electron chi connectivity index (χ3n) is 6.38. The fourth-order valence-corrected chi connectivity index (χ4v) is 4.21. The van der Waals surface area contributed by atoms with Crippen molar-refractivity contribution in [3.05, 3.63) is 66.0 Å². The number of nitrogens with one attached hydrogen (secondary N) is 1. The van der Waals surface area contributed by atoms with E-state index in [-0.39, 0.29) is 17.9 Å². The average molecular weight is 443 g/mol. The Morgan fingerprint density at radius 2 is 1.81 bits per heavy atom. The van der Waals surface area contributed by atoms with E-state index in [1.807, 2.05) is 6.20 Å². The van der Waals surface area contributed by atoms with Gasteiger partial charge in [-0.25, -0.2) is 13.3 Å². The van der Waals surface area contributed by atoms with Gasteiger partial charge in [0.05, 0.1) is 23.9 Å². The summed E-state index contributed by atoms with van der Waals surface area (Å²) >= 11 is 0. The molecular weight excluding hydrogens is 414 g/mol.